The molecule has 0 heterocycles. The van der Waals surface area contributed by atoms with Crippen LogP contribution < -0.4 is 0 Å². The number of carbonyl (C=O) groups is 1. The van der Waals surface area contributed by atoms with Crippen molar-refractivity contribution < 1.29 is 14.3 Å². The summed E-state index contributed by atoms with van der Waals surface area (Å²) in [6, 6.07) is 0.255. The Balaban J connectivity index is 3.82. The Bertz CT molecular complexity index is 130. The molecule has 0 aromatic carbocycles. The van der Waals surface area contributed by atoms with Gasteiger partial charge in [-0.1, -0.05) is 0 Å². The summed E-state index contributed by atoms with van der Waals surface area (Å²) in [5.74, 6) is 0. The Labute approximate surface area is 79.8 Å². The van der Waals surface area contributed by atoms with E-state index in [4.69, 9.17) is 9.47 Å². The average Bonchev–Trinajstić information content (AvgIpc) is 2.12. The molecule has 0 saturated heterocycles. The monoisotopic (exact) mass is 189 g/mol. The van der Waals surface area contributed by atoms with Gasteiger partial charge in [-0.25, -0.2) is 0 Å². The average molecular weight is 189 g/mol. The van der Waals surface area contributed by atoms with Crippen LogP contribution in [0.4, 0.5) is 0 Å². The van der Waals surface area contributed by atoms with Gasteiger partial charge < -0.3 is 14.3 Å². The van der Waals surface area contributed by atoms with Crippen LogP contribution in [0.3, 0.4) is 0 Å². The fraction of sp³-hybridized carbons (Fsp3) is 0.889. The molecule has 4 nitrogen and oxygen atoms in total. The third-order valence-corrected chi connectivity index (χ3v) is 1.92. The van der Waals surface area contributed by atoms with E-state index in [-0.39, 0.29) is 6.04 Å². The second-order valence-corrected chi connectivity index (χ2v) is 2.96. The first-order chi connectivity index (χ1) is 6.26. The summed E-state index contributed by atoms with van der Waals surface area (Å²) in [7, 11) is 3.31. The quantitative estimate of drug-likeness (QED) is 0.510. The lowest BCUT2D eigenvalue weighted by atomic mass is 10.3. The van der Waals surface area contributed by atoms with E-state index >= 15 is 0 Å². The summed E-state index contributed by atoms with van der Waals surface area (Å²) >= 11 is 0. The number of ether oxygens (including phenoxy) is 2. The minimum absolute atomic E-state index is 0.255. The van der Waals surface area contributed by atoms with Crippen molar-refractivity contribution in [3.63, 3.8) is 0 Å². The molecule has 0 radical (unpaired) electrons. The van der Waals surface area contributed by atoms with Crippen molar-refractivity contribution in [2.75, 3.05) is 40.5 Å². The summed E-state index contributed by atoms with van der Waals surface area (Å²) in [6.07, 6.45) is 0.905. The maximum Gasteiger partial charge on any atom is 0.133 e. The third kappa shape index (κ3) is 5.74. The molecule has 78 valence electrons. The lowest BCUT2D eigenvalue weighted by molar-refractivity contribution is -0.109. The summed E-state index contributed by atoms with van der Waals surface area (Å²) in [5.41, 5.74) is 0. The summed E-state index contributed by atoms with van der Waals surface area (Å²) in [5, 5.41) is 0. The smallest absolute Gasteiger partial charge is 0.133 e. The maximum atomic E-state index is 10.4. The molecule has 1 atom stereocenters. The SMILES string of the molecule is COCCN(CC=O)C(C)COC. The van der Waals surface area contributed by atoms with Gasteiger partial charge in [0.15, 0.2) is 0 Å². The van der Waals surface area contributed by atoms with Crippen LogP contribution in [-0.2, 0) is 14.3 Å². The van der Waals surface area contributed by atoms with Crippen LogP contribution in [0.15, 0.2) is 0 Å². The summed E-state index contributed by atoms with van der Waals surface area (Å²) < 4.78 is 9.96. The van der Waals surface area contributed by atoms with E-state index in [0.717, 1.165) is 12.8 Å². The number of aldehydes is 1. The number of carbonyl (C=O) groups excluding carboxylic acids is 1. The van der Waals surface area contributed by atoms with E-state index < -0.39 is 0 Å². The molecule has 0 aliphatic heterocycles. The number of methoxy groups -OCH3 is 2. The summed E-state index contributed by atoms with van der Waals surface area (Å²) in [6.45, 7) is 4.51. The fourth-order valence-electron chi connectivity index (χ4n) is 1.14. The van der Waals surface area contributed by atoms with E-state index in [1.54, 1.807) is 14.2 Å². The molecule has 13 heavy (non-hydrogen) atoms. The molecule has 0 saturated carbocycles. The predicted octanol–water partition coefficient (Wildman–Crippen LogP) is 0.169. The number of rotatable bonds is 8. The minimum Gasteiger partial charge on any atom is -0.383 e. The highest BCUT2D eigenvalue weighted by atomic mass is 16.5. The molecule has 4 heteroatoms. The van der Waals surface area contributed by atoms with Crippen LogP contribution >= 0.6 is 0 Å². The van der Waals surface area contributed by atoms with E-state index in [1.807, 2.05) is 11.8 Å². The van der Waals surface area contributed by atoms with Gasteiger partial charge in [-0.15, -0.1) is 0 Å². The molecule has 0 aliphatic rings. The van der Waals surface area contributed by atoms with Crippen LogP contribution in [0.25, 0.3) is 0 Å². The molecule has 1 unspecified atom stereocenters. The van der Waals surface area contributed by atoms with E-state index in [1.165, 1.54) is 0 Å². The highest BCUT2D eigenvalue weighted by Crippen LogP contribution is 1.97. The van der Waals surface area contributed by atoms with Crippen LogP contribution in [0, 0.1) is 0 Å². The topological polar surface area (TPSA) is 38.8 Å². The second kappa shape index (κ2) is 8.16. The minimum atomic E-state index is 0.255. The molecular weight excluding hydrogens is 170 g/mol. The largest absolute Gasteiger partial charge is 0.383 e. The molecule has 0 rings (SSSR count). The number of hydrogen-bond acceptors (Lipinski definition) is 4. The third-order valence-electron chi connectivity index (χ3n) is 1.92. The Hall–Kier alpha value is -0.450. The van der Waals surface area contributed by atoms with Gasteiger partial charge in [-0.2, -0.15) is 0 Å². The number of hydrogen-bond donors (Lipinski definition) is 0. The lowest BCUT2D eigenvalue weighted by Gasteiger charge is -2.25. The van der Waals surface area contributed by atoms with Gasteiger partial charge in [0, 0.05) is 26.8 Å². The highest BCUT2D eigenvalue weighted by molar-refractivity contribution is 5.52. The Kier molecular flexibility index (Phi) is 7.88. The second-order valence-electron chi connectivity index (χ2n) is 2.96. The van der Waals surface area contributed by atoms with Crippen molar-refractivity contribution in [1.29, 1.82) is 0 Å². The van der Waals surface area contributed by atoms with Crippen LogP contribution in [0.5, 0.6) is 0 Å². The molecule has 0 aromatic heterocycles. The molecule has 0 N–H and O–H groups in total. The summed E-state index contributed by atoms with van der Waals surface area (Å²) in [4.78, 5) is 12.4. The van der Waals surface area contributed by atoms with Crippen LogP contribution in [0.1, 0.15) is 6.92 Å². The standard InChI is InChI=1S/C9H19NO3/c1-9(8-13-3)10(4-6-11)5-7-12-2/h6,9H,4-5,7-8H2,1-3H3. The Morgan fingerprint density at radius 1 is 1.38 bits per heavy atom. The van der Waals surface area contributed by atoms with Gasteiger partial charge in [-0.3, -0.25) is 4.90 Å². The Morgan fingerprint density at radius 2 is 2.08 bits per heavy atom. The molecule has 0 aliphatic carbocycles. The van der Waals surface area contributed by atoms with Crippen molar-refractivity contribution in [3.05, 3.63) is 0 Å². The zero-order valence-corrected chi connectivity index (χ0v) is 8.66. The molecule has 0 amide bonds. The van der Waals surface area contributed by atoms with Crippen molar-refractivity contribution in [2.45, 2.75) is 13.0 Å². The van der Waals surface area contributed by atoms with Gasteiger partial charge in [0.2, 0.25) is 0 Å². The normalized spacial score (nSPS) is 13.2. The van der Waals surface area contributed by atoms with Gasteiger partial charge in [0.1, 0.15) is 6.29 Å². The van der Waals surface area contributed by atoms with Crippen molar-refractivity contribution in [1.82, 2.24) is 4.90 Å². The molecule has 0 bridgehead atoms. The molecule has 0 spiro atoms. The first-order valence-corrected chi connectivity index (χ1v) is 4.41. The zero-order chi connectivity index (χ0) is 10.1. The maximum absolute atomic E-state index is 10.4. The van der Waals surface area contributed by atoms with E-state index in [0.29, 0.717) is 19.8 Å². The Morgan fingerprint density at radius 3 is 2.54 bits per heavy atom. The highest BCUT2D eigenvalue weighted by Gasteiger charge is 2.11. The molecular formula is C9H19NO3. The van der Waals surface area contributed by atoms with E-state index in [9.17, 15) is 4.79 Å². The van der Waals surface area contributed by atoms with Gasteiger partial charge in [0.25, 0.3) is 0 Å². The zero-order valence-electron chi connectivity index (χ0n) is 8.66. The molecule has 0 fully saturated rings. The fourth-order valence-corrected chi connectivity index (χ4v) is 1.14. The predicted molar refractivity (Wildman–Crippen MR) is 50.9 cm³/mol. The van der Waals surface area contributed by atoms with Crippen molar-refractivity contribution >= 4 is 6.29 Å². The van der Waals surface area contributed by atoms with Gasteiger partial charge in [0.05, 0.1) is 19.8 Å². The first kappa shape index (κ1) is 12.6. The van der Waals surface area contributed by atoms with E-state index in [2.05, 4.69) is 0 Å². The number of nitrogens with zero attached hydrogens (tertiary/aromatic N) is 1. The van der Waals surface area contributed by atoms with Gasteiger partial charge in [-0.05, 0) is 6.92 Å². The van der Waals surface area contributed by atoms with Gasteiger partial charge >= 0.3 is 0 Å². The van der Waals surface area contributed by atoms with Crippen LogP contribution in [-0.4, -0.2) is 57.8 Å². The first-order valence-electron chi connectivity index (χ1n) is 4.41. The van der Waals surface area contributed by atoms with Crippen LogP contribution in [0.2, 0.25) is 0 Å². The lowest BCUT2D eigenvalue weighted by Crippen LogP contribution is -2.39. The molecule has 0 aromatic rings. The van der Waals surface area contributed by atoms with Crippen molar-refractivity contribution in [3.8, 4) is 0 Å². The van der Waals surface area contributed by atoms with Crippen molar-refractivity contribution in [2.24, 2.45) is 0 Å².